The molecule has 2 fully saturated rings. The highest BCUT2D eigenvalue weighted by Gasteiger charge is 2.32. The minimum atomic E-state index is 0. The van der Waals surface area contributed by atoms with Crippen LogP contribution in [0.25, 0.3) is 0 Å². The van der Waals surface area contributed by atoms with Gasteiger partial charge in [0.15, 0.2) is 5.96 Å². The molecule has 2 aliphatic rings. The van der Waals surface area contributed by atoms with Gasteiger partial charge in [-0.15, -0.1) is 24.0 Å². The number of amides is 1. The number of hydrogen-bond donors (Lipinski definition) is 2. The van der Waals surface area contributed by atoms with Crippen molar-refractivity contribution >= 4 is 35.8 Å². The minimum absolute atomic E-state index is 0. The van der Waals surface area contributed by atoms with Crippen LogP contribution in [0.2, 0.25) is 0 Å². The van der Waals surface area contributed by atoms with E-state index in [9.17, 15) is 4.79 Å². The molecular weight excluding hydrogens is 471 g/mol. The largest absolute Gasteiger partial charge is 0.375 e. The number of benzene rings is 1. The number of halogens is 1. The van der Waals surface area contributed by atoms with E-state index < -0.39 is 0 Å². The fourth-order valence-corrected chi connectivity index (χ4v) is 3.49. The number of nitrogens with zero attached hydrogens (tertiary/aromatic N) is 2. The molecular formula is C20H31IN4O3. The van der Waals surface area contributed by atoms with E-state index in [1.165, 1.54) is 0 Å². The van der Waals surface area contributed by atoms with Crippen LogP contribution >= 0.6 is 24.0 Å². The van der Waals surface area contributed by atoms with E-state index >= 15 is 0 Å². The Kier molecular flexibility index (Phi) is 10.0. The zero-order chi connectivity index (χ0) is 18.9. The highest BCUT2D eigenvalue weighted by atomic mass is 127. The van der Waals surface area contributed by atoms with Crippen molar-refractivity contribution < 1.29 is 14.3 Å². The van der Waals surface area contributed by atoms with E-state index in [1.54, 1.807) is 7.05 Å². The fourth-order valence-electron chi connectivity index (χ4n) is 3.49. The predicted octanol–water partition coefficient (Wildman–Crippen LogP) is 1.77. The van der Waals surface area contributed by atoms with Crippen LogP contribution in [-0.4, -0.2) is 68.9 Å². The zero-order valence-corrected chi connectivity index (χ0v) is 18.8. The van der Waals surface area contributed by atoms with Crippen molar-refractivity contribution in [2.24, 2.45) is 4.99 Å². The van der Waals surface area contributed by atoms with Gasteiger partial charge in [-0.2, -0.15) is 0 Å². The monoisotopic (exact) mass is 502 g/mol. The molecule has 2 saturated heterocycles. The van der Waals surface area contributed by atoms with Gasteiger partial charge in [0.2, 0.25) is 5.91 Å². The van der Waals surface area contributed by atoms with E-state index in [1.807, 2.05) is 30.3 Å². The van der Waals surface area contributed by atoms with Crippen molar-refractivity contribution in [2.75, 3.05) is 39.9 Å². The maximum atomic E-state index is 12.0. The molecule has 1 aromatic rings. The van der Waals surface area contributed by atoms with E-state index in [-0.39, 0.29) is 42.1 Å². The Morgan fingerprint density at radius 2 is 1.96 bits per heavy atom. The molecule has 0 aromatic heterocycles. The summed E-state index contributed by atoms with van der Waals surface area (Å²) < 4.78 is 11.7. The van der Waals surface area contributed by atoms with Gasteiger partial charge in [-0.05, 0) is 18.4 Å². The highest BCUT2D eigenvalue weighted by molar-refractivity contribution is 14.0. The third kappa shape index (κ3) is 6.89. The predicted molar refractivity (Wildman–Crippen MR) is 120 cm³/mol. The summed E-state index contributed by atoms with van der Waals surface area (Å²) in [7, 11) is 1.77. The molecule has 3 rings (SSSR count). The number of ether oxygens (including phenoxy) is 2. The van der Waals surface area contributed by atoms with Crippen LogP contribution in [0.1, 0.15) is 24.8 Å². The molecule has 2 unspecified atom stereocenters. The Morgan fingerprint density at radius 3 is 2.68 bits per heavy atom. The molecule has 0 spiro atoms. The minimum Gasteiger partial charge on any atom is -0.375 e. The Balaban J connectivity index is 0.00000280. The second-order valence-electron chi connectivity index (χ2n) is 6.89. The van der Waals surface area contributed by atoms with E-state index in [0.29, 0.717) is 26.1 Å². The second kappa shape index (κ2) is 12.2. The average Bonchev–Trinajstić information content (AvgIpc) is 3.25. The molecule has 2 heterocycles. The third-order valence-corrected chi connectivity index (χ3v) is 4.95. The normalized spacial score (nSPS) is 22.5. The lowest BCUT2D eigenvalue weighted by molar-refractivity contribution is -0.121. The summed E-state index contributed by atoms with van der Waals surface area (Å²) >= 11 is 0. The molecule has 7 nitrogen and oxygen atoms in total. The maximum Gasteiger partial charge on any atom is 0.222 e. The van der Waals surface area contributed by atoms with Crippen molar-refractivity contribution in [3.05, 3.63) is 35.9 Å². The highest BCUT2D eigenvalue weighted by Crippen LogP contribution is 2.20. The Bertz CT molecular complexity index is 623. The number of morpholine rings is 1. The van der Waals surface area contributed by atoms with Gasteiger partial charge in [-0.25, -0.2) is 0 Å². The maximum absolute atomic E-state index is 12.0. The molecule has 1 amide bonds. The van der Waals surface area contributed by atoms with Gasteiger partial charge < -0.3 is 25.0 Å². The number of nitrogens with one attached hydrogen (secondary N) is 2. The number of guanidine groups is 1. The van der Waals surface area contributed by atoms with E-state index in [0.717, 1.165) is 44.1 Å². The molecule has 2 atom stereocenters. The molecule has 0 bridgehead atoms. The molecule has 1 aromatic carbocycles. The van der Waals surface area contributed by atoms with Gasteiger partial charge in [0, 0.05) is 46.3 Å². The van der Waals surface area contributed by atoms with Crippen LogP contribution in [0, 0.1) is 0 Å². The summed E-state index contributed by atoms with van der Waals surface area (Å²) in [6.07, 6.45) is 2.86. The van der Waals surface area contributed by atoms with Gasteiger partial charge in [0.05, 0.1) is 12.7 Å². The van der Waals surface area contributed by atoms with Crippen LogP contribution in [-0.2, 0) is 20.8 Å². The first-order chi connectivity index (χ1) is 13.3. The van der Waals surface area contributed by atoms with Gasteiger partial charge in [0.1, 0.15) is 6.10 Å². The number of hydrogen-bond acceptors (Lipinski definition) is 4. The molecule has 2 N–H and O–H groups in total. The zero-order valence-electron chi connectivity index (χ0n) is 16.4. The summed E-state index contributed by atoms with van der Waals surface area (Å²) in [4.78, 5) is 18.6. The van der Waals surface area contributed by atoms with Crippen LogP contribution in [0.5, 0.6) is 0 Å². The van der Waals surface area contributed by atoms with Crippen molar-refractivity contribution in [3.8, 4) is 0 Å². The molecule has 0 radical (unpaired) electrons. The SMILES string of the molecule is CN=C(NCCC(=O)NCc1ccccc1)N1CCOC(C2CCCO2)C1.I. The first-order valence-electron chi connectivity index (χ1n) is 9.75. The number of rotatable bonds is 6. The van der Waals surface area contributed by atoms with E-state index in [2.05, 4.69) is 20.5 Å². The third-order valence-electron chi connectivity index (χ3n) is 4.95. The summed E-state index contributed by atoms with van der Waals surface area (Å²) in [5.74, 6) is 0.846. The summed E-state index contributed by atoms with van der Waals surface area (Å²) in [5.41, 5.74) is 1.10. The van der Waals surface area contributed by atoms with Gasteiger partial charge in [-0.3, -0.25) is 9.79 Å². The molecule has 156 valence electrons. The van der Waals surface area contributed by atoms with Gasteiger partial charge >= 0.3 is 0 Å². The second-order valence-corrected chi connectivity index (χ2v) is 6.89. The first kappa shape index (κ1) is 22.9. The average molecular weight is 502 g/mol. The molecule has 0 saturated carbocycles. The van der Waals surface area contributed by atoms with Crippen LogP contribution < -0.4 is 10.6 Å². The van der Waals surface area contributed by atoms with Crippen molar-refractivity contribution in [1.29, 1.82) is 0 Å². The number of aliphatic imine (C=N–C) groups is 1. The lowest BCUT2D eigenvalue weighted by Crippen LogP contribution is -2.53. The van der Waals surface area contributed by atoms with Crippen LogP contribution in [0.3, 0.4) is 0 Å². The smallest absolute Gasteiger partial charge is 0.222 e. The molecule has 0 aliphatic carbocycles. The summed E-state index contributed by atoms with van der Waals surface area (Å²) in [5, 5.41) is 6.24. The fraction of sp³-hybridized carbons (Fsp3) is 0.600. The topological polar surface area (TPSA) is 75.2 Å². The molecule has 28 heavy (non-hydrogen) atoms. The molecule has 2 aliphatic heterocycles. The first-order valence-corrected chi connectivity index (χ1v) is 9.75. The molecule has 8 heteroatoms. The summed E-state index contributed by atoms with van der Waals surface area (Å²) in [6, 6.07) is 9.92. The van der Waals surface area contributed by atoms with Crippen molar-refractivity contribution in [2.45, 2.75) is 38.0 Å². The van der Waals surface area contributed by atoms with Crippen molar-refractivity contribution in [3.63, 3.8) is 0 Å². The van der Waals surface area contributed by atoms with Crippen molar-refractivity contribution in [1.82, 2.24) is 15.5 Å². The van der Waals surface area contributed by atoms with E-state index in [4.69, 9.17) is 9.47 Å². The summed E-state index contributed by atoms with van der Waals surface area (Å²) in [6.45, 7) is 4.17. The lowest BCUT2D eigenvalue weighted by atomic mass is 10.1. The lowest BCUT2D eigenvalue weighted by Gasteiger charge is -2.37. The standard InChI is InChI=1S/C20H30N4O3.HI/c1-21-20(24-11-13-27-18(15-24)17-8-5-12-26-17)22-10-9-19(25)23-14-16-6-3-2-4-7-16;/h2-4,6-7,17-18H,5,8-15H2,1H3,(H,21,22)(H,23,25);1H. The number of carbonyl (C=O) groups is 1. The van der Waals surface area contributed by atoms with Gasteiger partial charge in [0.25, 0.3) is 0 Å². The van der Waals surface area contributed by atoms with Crippen LogP contribution in [0.4, 0.5) is 0 Å². The Hall–Kier alpha value is -1.39. The van der Waals surface area contributed by atoms with Gasteiger partial charge in [-0.1, -0.05) is 30.3 Å². The number of carbonyl (C=O) groups excluding carboxylic acids is 1. The Morgan fingerprint density at radius 1 is 1.18 bits per heavy atom. The van der Waals surface area contributed by atoms with Crippen LogP contribution in [0.15, 0.2) is 35.3 Å². The quantitative estimate of drug-likeness (QED) is 0.353. The Labute approximate surface area is 184 Å².